The Bertz CT molecular complexity index is 17.7. The van der Waals surface area contributed by atoms with Crippen molar-refractivity contribution in [2.24, 2.45) is 0 Å². The molecule has 0 atom stereocenters. The van der Waals surface area contributed by atoms with Crippen LogP contribution in [0.5, 0.6) is 0 Å². The quantitative estimate of drug-likeness (QED) is 0.401. The van der Waals surface area contributed by atoms with Gasteiger partial charge in [-0.1, -0.05) is 0 Å². The van der Waals surface area contributed by atoms with E-state index in [0.29, 0.717) is 0 Å². The molecule has 0 rings (SSSR count). The molecule has 0 saturated carbocycles. The summed E-state index contributed by atoms with van der Waals surface area (Å²) in [6.45, 7) is 0. The third kappa shape index (κ3) is 18.0. The van der Waals surface area contributed by atoms with Crippen molar-refractivity contribution in [2.75, 3.05) is 0 Å². The molecule has 0 aliphatic carbocycles. The molecule has 5 heteroatoms. The maximum absolute atomic E-state index is 8.25. The Balaban J connectivity index is -0.000000000500. The molecule has 0 unspecified atom stereocenters. The molecule has 0 amide bonds. The predicted octanol–water partition coefficient (Wildman–Crippen LogP) is -7.07. The van der Waals surface area contributed by atoms with Crippen LogP contribution in [0, 0.1) is 0 Å². The summed E-state index contributed by atoms with van der Waals surface area (Å²) in [6, 6.07) is 0. The van der Waals surface area contributed by atoms with Crippen molar-refractivity contribution in [1.82, 2.24) is 0 Å². The summed E-state index contributed by atoms with van der Waals surface area (Å²) in [7, 11) is 0. The molecule has 0 fully saturated rings. The van der Waals surface area contributed by atoms with Crippen molar-refractivity contribution >= 4 is 26.2 Å². The predicted molar refractivity (Wildman–Crippen MR) is 12.8 cm³/mol. The van der Waals surface area contributed by atoms with Gasteiger partial charge < -0.3 is 2.85 Å². The van der Waals surface area contributed by atoms with E-state index in [1.807, 2.05) is 0 Å². The Hall–Kier alpha value is 4.03. The summed E-state index contributed by atoms with van der Waals surface area (Å²) in [4.78, 5) is 0. The van der Waals surface area contributed by atoms with Gasteiger partial charge in [0, 0.05) is 0 Å². The summed E-state index contributed by atoms with van der Waals surface area (Å²) in [5.74, 6) is 0. The van der Waals surface area contributed by atoms with Gasteiger partial charge in [-0.25, -0.2) is 0 Å². The van der Waals surface area contributed by atoms with E-state index in [2.05, 4.69) is 0 Å². The zero-order chi connectivity index (χ0) is 2.00. The molecule has 22 valence electrons. The molecular weight excluding hydrogens is 335 g/mol. The van der Waals surface area contributed by atoms with E-state index in [1.54, 1.807) is 0 Å². The van der Waals surface area contributed by atoms with Gasteiger partial charge in [-0.15, -0.1) is 0 Å². The summed E-state index contributed by atoms with van der Waals surface area (Å²) in [5, 5.41) is 0. The summed E-state index contributed by atoms with van der Waals surface area (Å²) < 4.78 is 8.25. The Kier molecular flexibility index (Phi) is 112. The molecular formula is H5BiKNaOTi. The fourth-order valence-electron chi connectivity index (χ4n) is 0. The molecule has 0 N–H and O–H groups in total. The molecule has 0 aliphatic rings. The van der Waals surface area contributed by atoms with E-state index in [4.69, 9.17) is 3.32 Å². The van der Waals surface area contributed by atoms with Crippen molar-refractivity contribution in [3.8, 4) is 0 Å². The molecule has 5 heavy (non-hydrogen) atoms. The number of rotatable bonds is 0. The molecule has 0 aromatic rings. The van der Waals surface area contributed by atoms with Gasteiger partial charge >= 0.3 is 131 Å². The van der Waals surface area contributed by atoms with Crippen molar-refractivity contribution < 1.29 is 108 Å². The molecule has 1 nitrogen and oxygen atoms in total. The Morgan fingerprint density at radius 1 is 1.40 bits per heavy atom. The summed E-state index contributed by atoms with van der Waals surface area (Å²) in [5.41, 5.74) is 0. The van der Waals surface area contributed by atoms with Gasteiger partial charge in [-0.3, -0.25) is 0 Å². The van der Waals surface area contributed by atoms with E-state index in [1.165, 1.54) is 0 Å². The Morgan fingerprint density at radius 3 is 1.40 bits per heavy atom. The van der Waals surface area contributed by atoms with Crippen molar-refractivity contribution in [3.05, 3.63) is 0 Å². The maximum atomic E-state index is 8.25. The van der Waals surface area contributed by atoms with Gasteiger partial charge in [-0.2, -0.15) is 0 Å². The van der Waals surface area contributed by atoms with Gasteiger partial charge in [0.2, 0.25) is 0 Å². The first-order chi connectivity index (χ1) is 1.00. The number of hydrogen-bond donors (Lipinski definition) is 0. The van der Waals surface area contributed by atoms with Crippen molar-refractivity contribution in [2.45, 2.75) is 0 Å². The van der Waals surface area contributed by atoms with Gasteiger partial charge in [0.25, 0.3) is 0 Å². The Labute approximate surface area is 130 Å². The van der Waals surface area contributed by atoms with Gasteiger partial charge in [-0.05, 0) is 0 Å². The van der Waals surface area contributed by atoms with Gasteiger partial charge in [0.05, 0.1) is 0 Å². The fraction of sp³-hybridized carbons (Fsp3) is 0. The first-order valence-corrected chi connectivity index (χ1v) is 0.842. The minimum atomic E-state index is 0. The average molecular weight is 340 g/mol. The normalized spacial score (nSPS) is 0.600. The number of hydrogen-bond acceptors (Lipinski definition) is 1. The van der Waals surface area contributed by atoms with Gasteiger partial charge in [0.15, 0.2) is 0 Å². The van der Waals surface area contributed by atoms with Crippen LogP contribution < -0.4 is 80.9 Å². The molecule has 0 spiro atoms. The first-order valence-electron chi connectivity index (χ1n) is 0.204. The van der Waals surface area contributed by atoms with Crippen LogP contribution in [-0.4, -0.2) is 26.2 Å². The summed E-state index contributed by atoms with van der Waals surface area (Å²) >= 11 is 0.750. The van der Waals surface area contributed by atoms with Crippen LogP contribution in [0.25, 0.3) is 0 Å². The molecule has 0 bridgehead atoms. The standard InChI is InChI=1S/Bi.K.Na.O.Ti.5H/q;2*+1;;;;;;2*-1. The zero-order valence-electron chi connectivity index (χ0n) is 5.62. The molecule has 0 radical (unpaired) electrons. The molecule has 0 aliphatic heterocycles. The van der Waals surface area contributed by atoms with E-state index in [0.717, 1.165) is 20.4 Å². The third-order valence-corrected chi connectivity index (χ3v) is 0. The molecule has 0 saturated heterocycles. The van der Waals surface area contributed by atoms with Crippen LogP contribution in [-0.2, 0) is 23.7 Å². The van der Waals surface area contributed by atoms with Crippen molar-refractivity contribution in [3.63, 3.8) is 0 Å². The second kappa shape index (κ2) is 24.4. The minimum absolute atomic E-state index is 0. The van der Waals surface area contributed by atoms with E-state index < -0.39 is 0 Å². The molecule has 0 aromatic heterocycles. The second-order valence-electron chi connectivity index (χ2n) is 0. The fourth-order valence-corrected chi connectivity index (χ4v) is 0. The summed E-state index contributed by atoms with van der Waals surface area (Å²) in [6.07, 6.45) is 0. The van der Waals surface area contributed by atoms with E-state index in [-0.39, 0.29) is 110 Å². The SMILES string of the molecule is [BiH3].[H-].[H-].[K+].[Na+].[O]=[Ti]. The molecule has 0 heterocycles. The van der Waals surface area contributed by atoms with Crippen LogP contribution in [0.15, 0.2) is 0 Å². The van der Waals surface area contributed by atoms with Crippen LogP contribution in [0.1, 0.15) is 2.85 Å². The monoisotopic (exact) mass is 340 g/mol. The van der Waals surface area contributed by atoms with Crippen LogP contribution in [0.3, 0.4) is 0 Å². The zero-order valence-corrected chi connectivity index (χ0v) is 15.8. The van der Waals surface area contributed by atoms with Crippen LogP contribution in [0.2, 0.25) is 0 Å². The van der Waals surface area contributed by atoms with Crippen molar-refractivity contribution in [1.29, 1.82) is 0 Å². The van der Waals surface area contributed by atoms with Crippen LogP contribution >= 0.6 is 0 Å². The molecule has 0 aromatic carbocycles. The van der Waals surface area contributed by atoms with Gasteiger partial charge in [0.1, 0.15) is 0 Å². The second-order valence-corrected chi connectivity index (χ2v) is 0. The Morgan fingerprint density at radius 2 is 1.40 bits per heavy atom. The average Bonchev–Trinajstić information content (AvgIpc) is 1.00. The van der Waals surface area contributed by atoms with E-state index in [9.17, 15) is 0 Å². The third-order valence-electron chi connectivity index (χ3n) is 0. The topological polar surface area (TPSA) is 17.1 Å². The van der Waals surface area contributed by atoms with E-state index >= 15 is 0 Å². The first kappa shape index (κ1) is 23.0. The van der Waals surface area contributed by atoms with Crippen LogP contribution in [0.4, 0.5) is 0 Å².